The fraction of sp³-hybridized carbons (Fsp3) is 0.400. The Bertz CT molecular complexity index is 1270. The number of nitrogens with zero attached hydrogens (tertiary/aromatic N) is 2. The lowest BCUT2D eigenvalue weighted by Gasteiger charge is -2.31. The minimum atomic E-state index is -4.83. The number of fused-ring (bicyclic) bond motifs is 5. The third-order valence-electron chi connectivity index (χ3n) is 7.29. The number of carbonyl (C=O) groups excluding carboxylic acids is 2. The van der Waals surface area contributed by atoms with Gasteiger partial charge in [0, 0.05) is 12.5 Å². The fourth-order valence-electron chi connectivity index (χ4n) is 5.77. The predicted molar refractivity (Wildman–Crippen MR) is 114 cm³/mol. The molecule has 3 fully saturated rings. The molecule has 0 saturated carbocycles. The number of ether oxygens (including phenoxy) is 2. The van der Waals surface area contributed by atoms with Crippen molar-refractivity contribution < 1.29 is 36.6 Å². The third-order valence-corrected chi connectivity index (χ3v) is 7.29. The zero-order valence-electron chi connectivity index (χ0n) is 18.6. The van der Waals surface area contributed by atoms with Crippen LogP contribution in [-0.4, -0.2) is 29.6 Å². The van der Waals surface area contributed by atoms with Crippen LogP contribution in [0.4, 0.5) is 23.2 Å². The molecule has 3 aliphatic rings. The minimum absolute atomic E-state index is 0.0965. The Labute approximate surface area is 198 Å². The first kappa shape index (κ1) is 23.3. The molecule has 0 N–H and O–H groups in total. The Hall–Kier alpha value is -3.45. The summed E-state index contributed by atoms with van der Waals surface area (Å²) in [7, 11) is 0. The van der Waals surface area contributed by atoms with Gasteiger partial charge < -0.3 is 9.47 Å². The van der Waals surface area contributed by atoms with Crippen LogP contribution < -0.4 is 9.64 Å². The molecule has 10 heteroatoms. The molecule has 182 valence electrons. The Morgan fingerprint density at radius 2 is 1.89 bits per heavy atom. The molecule has 0 aromatic heterocycles. The molecule has 0 spiro atoms. The van der Waals surface area contributed by atoms with E-state index in [9.17, 15) is 27.2 Å². The second-order valence-corrected chi connectivity index (χ2v) is 9.34. The lowest BCUT2D eigenvalue weighted by molar-refractivity contribution is -0.138. The van der Waals surface area contributed by atoms with Crippen LogP contribution in [0.15, 0.2) is 42.5 Å². The summed E-state index contributed by atoms with van der Waals surface area (Å²) in [4.78, 5) is 27.7. The van der Waals surface area contributed by atoms with Gasteiger partial charge in [0.25, 0.3) is 0 Å². The first-order valence-electron chi connectivity index (χ1n) is 11.1. The SMILES string of the molecule is CC12CCC(CCOc3cccc(F)c3)(O1)C1C(=O)N(c3ccc(C#N)c(C(F)(F)F)c3)C(=O)C12. The summed E-state index contributed by atoms with van der Waals surface area (Å²) in [5.41, 5.74) is -3.99. The molecule has 35 heavy (non-hydrogen) atoms. The quantitative estimate of drug-likeness (QED) is 0.454. The molecule has 2 aromatic carbocycles. The highest BCUT2D eigenvalue weighted by atomic mass is 19.4. The highest BCUT2D eigenvalue weighted by Crippen LogP contribution is 2.62. The lowest BCUT2D eigenvalue weighted by Crippen LogP contribution is -2.43. The van der Waals surface area contributed by atoms with Crippen LogP contribution >= 0.6 is 0 Å². The van der Waals surface area contributed by atoms with Crippen LogP contribution in [0.5, 0.6) is 5.75 Å². The predicted octanol–water partition coefficient (Wildman–Crippen LogP) is 4.61. The summed E-state index contributed by atoms with van der Waals surface area (Å²) in [6.07, 6.45) is -3.60. The Balaban J connectivity index is 1.44. The lowest BCUT2D eigenvalue weighted by atomic mass is 9.67. The standard InChI is InChI=1S/C25H20F4N2O4/c1-23-7-8-24(35-23,9-10-34-17-4-2-3-15(26)11-17)20-19(23)21(32)31(22(20)33)16-6-5-14(13-30)18(12-16)25(27,28)29/h2-6,11-12,19-20H,7-10H2,1H3. The van der Waals surface area contributed by atoms with Gasteiger partial charge in [0.15, 0.2) is 0 Å². The van der Waals surface area contributed by atoms with Gasteiger partial charge >= 0.3 is 6.18 Å². The first-order valence-corrected chi connectivity index (χ1v) is 11.1. The molecule has 2 bridgehead atoms. The summed E-state index contributed by atoms with van der Waals surface area (Å²) in [5, 5.41) is 9.05. The van der Waals surface area contributed by atoms with E-state index in [1.165, 1.54) is 30.3 Å². The van der Waals surface area contributed by atoms with Crippen molar-refractivity contribution >= 4 is 17.5 Å². The van der Waals surface area contributed by atoms with Gasteiger partial charge in [-0.25, -0.2) is 9.29 Å². The molecule has 0 aliphatic carbocycles. The topological polar surface area (TPSA) is 79.6 Å². The highest BCUT2D eigenvalue weighted by Gasteiger charge is 2.73. The summed E-state index contributed by atoms with van der Waals surface area (Å²) in [5.74, 6) is -3.12. The minimum Gasteiger partial charge on any atom is -0.493 e. The Morgan fingerprint density at radius 1 is 1.14 bits per heavy atom. The van der Waals surface area contributed by atoms with Gasteiger partial charge in [-0.1, -0.05) is 6.07 Å². The van der Waals surface area contributed by atoms with Crippen molar-refractivity contribution in [2.45, 2.75) is 43.6 Å². The number of alkyl halides is 3. The smallest absolute Gasteiger partial charge is 0.417 e. The van der Waals surface area contributed by atoms with Gasteiger partial charge in [0.1, 0.15) is 11.6 Å². The van der Waals surface area contributed by atoms with E-state index in [0.29, 0.717) is 24.7 Å². The van der Waals surface area contributed by atoms with Crippen LogP contribution in [0.2, 0.25) is 0 Å². The number of carbonyl (C=O) groups is 2. The molecule has 3 aliphatic heterocycles. The van der Waals surface area contributed by atoms with E-state index < -0.39 is 58.0 Å². The van der Waals surface area contributed by atoms with Crippen molar-refractivity contribution in [3.8, 4) is 11.8 Å². The maximum absolute atomic E-state index is 13.5. The molecule has 3 saturated heterocycles. The second kappa shape index (κ2) is 7.78. The van der Waals surface area contributed by atoms with Crippen LogP contribution in [0.25, 0.3) is 0 Å². The number of amides is 2. The van der Waals surface area contributed by atoms with E-state index in [1.54, 1.807) is 13.0 Å². The zero-order chi connectivity index (χ0) is 25.2. The van der Waals surface area contributed by atoms with Crippen LogP contribution in [-0.2, 0) is 20.5 Å². The van der Waals surface area contributed by atoms with Crippen molar-refractivity contribution in [1.82, 2.24) is 0 Å². The van der Waals surface area contributed by atoms with Crippen LogP contribution in [0.3, 0.4) is 0 Å². The summed E-state index contributed by atoms with van der Waals surface area (Å²) in [6, 6.07) is 9.90. The van der Waals surface area contributed by atoms with E-state index in [0.717, 1.165) is 11.0 Å². The number of nitriles is 1. The van der Waals surface area contributed by atoms with E-state index in [-0.39, 0.29) is 18.7 Å². The number of benzene rings is 2. The zero-order valence-corrected chi connectivity index (χ0v) is 18.6. The monoisotopic (exact) mass is 488 g/mol. The maximum Gasteiger partial charge on any atom is 0.417 e. The third kappa shape index (κ3) is 3.57. The Kier molecular flexibility index (Phi) is 5.18. The maximum atomic E-state index is 13.5. The fourth-order valence-corrected chi connectivity index (χ4v) is 5.77. The van der Waals surface area contributed by atoms with Crippen molar-refractivity contribution in [1.29, 1.82) is 5.26 Å². The van der Waals surface area contributed by atoms with Crippen molar-refractivity contribution in [2.75, 3.05) is 11.5 Å². The summed E-state index contributed by atoms with van der Waals surface area (Å²) >= 11 is 0. The van der Waals surface area contributed by atoms with Gasteiger partial charge in [-0.15, -0.1) is 0 Å². The van der Waals surface area contributed by atoms with Gasteiger partial charge in [0.2, 0.25) is 11.8 Å². The number of imide groups is 1. The van der Waals surface area contributed by atoms with E-state index >= 15 is 0 Å². The number of hydrogen-bond acceptors (Lipinski definition) is 5. The molecule has 2 amide bonds. The van der Waals surface area contributed by atoms with Gasteiger partial charge in [-0.2, -0.15) is 18.4 Å². The molecule has 2 aromatic rings. The molecular weight excluding hydrogens is 468 g/mol. The molecule has 6 nitrogen and oxygen atoms in total. The Morgan fingerprint density at radius 3 is 2.57 bits per heavy atom. The van der Waals surface area contributed by atoms with Crippen LogP contribution in [0, 0.1) is 29.0 Å². The van der Waals surface area contributed by atoms with Crippen molar-refractivity contribution in [2.24, 2.45) is 11.8 Å². The summed E-state index contributed by atoms with van der Waals surface area (Å²) < 4.78 is 65.8. The molecule has 3 heterocycles. The van der Waals surface area contributed by atoms with Crippen molar-refractivity contribution in [3.05, 3.63) is 59.4 Å². The van der Waals surface area contributed by atoms with Gasteiger partial charge in [0.05, 0.1) is 52.5 Å². The van der Waals surface area contributed by atoms with E-state index in [4.69, 9.17) is 14.7 Å². The average Bonchev–Trinajstić information content (AvgIpc) is 3.37. The van der Waals surface area contributed by atoms with Gasteiger partial charge in [-0.3, -0.25) is 9.59 Å². The number of halogens is 4. The molecule has 4 unspecified atom stereocenters. The first-order chi connectivity index (χ1) is 16.5. The van der Waals surface area contributed by atoms with Crippen LogP contribution in [0.1, 0.15) is 37.3 Å². The van der Waals surface area contributed by atoms with Crippen molar-refractivity contribution in [3.63, 3.8) is 0 Å². The number of rotatable bonds is 5. The summed E-state index contributed by atoms with van der Waals surface area (Å²) in [6.45, 7) is 1.83. The number of anilines is 1. The molecule has 0 radical (unpaired) electrons. The normalized spacial score (nSPS) is 29.4. The molecule has 5 rings (SSSR count). The van der Waals surface area contributed by atoms with Gasteiger partial charge in [-0.05, 0) is 50.1 Å². The van der Waals surface area contributed by atoms with E-state index in [2.05, 4.69) is 0 Å². The second-order valence-electron chi connectivity index (χ2n) is 9.34. The largest absolute Gasteiger partial charge is 0.493 e. The highest BCUT2D eigenvalue weighted by molar-refractivity contribution is 6.23. The molecular formula is C25H20F4N2O4. The number of hydrogen-bond donors (Lipinski definition) is 0. The molecule has 4 atom stereocenters. The van der Waals surface area contributed by atoms with E-state index in [1.807, 2.05) is 0 Å². The average molecular weight is 488 g/mol.